The molecule has 0 aliphatic heterocycles. The van der Waals surface area contributed by atoms with Crippen LogP contribution in [0.25, 0.3) is 6.08 Å². The quantitative estimate of drug-likeness (QED) is 0.581. The number of carbonyl (C=O) groups is 3. The number of hydrogen-bond acceptors (Lipinski definition) is 6. The summed E-state index contributed by atoms with van der Waals surface area (Å²) in [4.78, 5) is 38.7. The first-order chi connectivity index (χ1) is 12.9. The van der Waals surface area contributed by atoms with Gasteiger partial charge in [0.2, 0.25) is 0 Å². The minimum absolute atomic E-state index is 0.114. The fourth-order valence-electron chi connectivity index (χ4n) is 1.87. The van der Waals surface area contributed by atoms with E-state index in [2.05, 4.69) is 15.0 Å². The predicted molar refractivity (Wildman–Crippen MR) is 101 cm³/mol. The Balaban J connectivity index is 1.83. The highest BCUT2D eigenvalue weighted by molar-refractivity contribution is 6.36. The molecule has 0 fully saturated rings. The number of nitrogens with one attached hydrogen (secondary N) is 1. The summed E-state index contributed by atoms with van der Waals surface area (Å²) in [6.45, 7) is -0.509. The summed E-state index contributed by atoms with van der Waals surface area (Å²) in [7, 11) is 1.29. The second kappa shape index (κ2) is 9.70. The van der Waals surface area contributed by atoms with Crippen LogP contribution in [0.1, 0.15) is 15.9 Å². The molecule has 2 rings (SSSR count). The average molecular weight is 409 g/mol. The van der Waals surface area contributed by atoms with Crippen molar-refractivity contribution in [2.24, 2.45) is 0 Å². The van der Waals surface area contributed by atoms with Crippen molar-refractivity contribution in [3.8, 4) is 0 Å². The van der Waals surface area contributed by atoms with Crippen molar-refractivity contribution in [1.29, 1.82) is 0 Å². The number of hydrogen-bond donors (Lipinski definition) is 1. The van der Waals surface area contributed by atoms with Gasteiger partial charge in [-0.2, -0.15) is 0 Å². The molecule has 1 heterocycles. The van der Waals surface area contributed by atoms with E-state index in [4.69, 9.17) is 27.9 Å². The zero-order chi connectivity index (χ0) is 19.8. The number of rotatable bonds is 6. The lowest BCUT2D eigenvalue weighted by atomic mass is 10.1. The third-order valence-electron chi connectivity index (χ3n) is 3.15. The van der Waals surface area contributed by atoms with E-state index in [-0.39, 0.29) is 10.8 Å². The fourth-order valence-corrected chi connectivity index (χ4v) is 2.30. The van der Waals surface area contributed by atoms with E-state index in [1.165, 1.54) is 25.4 Å². The number of nitrogens with zero attached hydrogens (tertiary/aromatic N) is 1. The molecule has 0 spiro atoms. The number of amides is 1. The van der Waals surface area contributed by atoms with Gasteiger partial charge < -0.3 is 14.8 Å². The summed E-state index contributed by atoms with van der Waals surface area (Å²) in [5.74, 6) is -1.65. The summed E-state index contributed by atoms with van der Waals surface area (Å²) in [5, 5.41) is 2.90. The van der Waals surface area contributed by atoms with E-state index in [1.54, 1.807) is 24.3 Å². The van der Waals surface area contributed by atoms with Gasteiger partial charge in [-0.15, -0.1) is 0 Å². The summed E-state index contributed by atoms with van der Waals surface area (Å²) in [6.07, 6.45) is 3.97. The maximum atomic E-state index is 11.8. The molecule has 9 heteroatoms. The van der Waals surface area contributed by atoms with Crippen molar-refractivity contribution < 1.29 is 23.9 Å². The number of anilines is 1. The van der Waals surface area contributed by atoms with Crippen molar-refractivity contribution in [2.75, 3.05) is 19.0 Å². The minimum atomic E-state index is -0.711. The molecule has 0 unspecified atom stereocenters. The highest BCUT2D eigenvalue weighted by Crippen LogP contribution is 2.22. The molecule has 0 aliphatic rings. The molecule has 140 valence electrons. The average Bonchev–Trinajstić information content (AvgIpc) is 2.66. The molecule has 1 amide bonds. The van der Waals surface area contributed by atoms with Crippen molar-refractivity contribution >= 4 is 52.9 Å². The highest BCUT2D eigenvalue weighted by Gasteiger charge is 2.10. The first-order valence-corrected chi connectivity index (χ1v) is 8.28. The maximum absolute atomic E-state index is 11.8. The zero-order valence-electron chi connectivity index (χ0n) is 14.1. The Labute approximate surface area is 164 Å². The van der Waals surface area contributed by atoms with Gasteiger partial charge in [-0.3, -0.25) is 4.79 Å². The Hall–Kier alpha value is -2.90. The van der Waals surface area contributed by atoms with Crippen LogP contribution in [0, 0.1) is 0 Å². The van der Waals surface area contributed by atoms with E-state index >= 15 is 0 Å². The van der Waals surface area contributed by atoms with Gasteiger partial charge >= 0.3 is 11.9 Å². The first-order valence-electron chi connectivity index (χ1n) is 7.53. The van der Waals surface area contributed by atoms with Crippen LogP contribution >= 0.6 is 23.2 Å². The number of aromatic nitrogens is 1. The monoisotopic (exact) mass is 408 g/mol. The van der Waals surface area contributed by atoms with E-state index in [9.17, 15) is 14.4 Å². The van der Waals surface area contributed by atoms with Gasteiger partial charge in [0.1, 0.15) is 0 Å². The molecular weight excluding hydrogens is 395 g/mol. The van der Waals surface area contributed by atoms with Crippen LogP contribution in [0.2, 0.25) is 10.0 Å². The van der Waals surface area contributed by atoms with Gasteiger partial charge in [0, 0.05) is 12.3 Å². The van der Waals surface area contributed by atoms with E-state index in [0.29, 0.717) is 16.1 Å². The Kier molecular flexibility index (Phi) is 7.34. The standard InChI is InChI=1S/C18H14Cl2N2O5/c1-26-18(25)12-5-2-11(3-6-12)4-7-16(24)27-10-15(23)22-17-14(20)8-13(19)9-21-17/h2-9H,10H2,1H3,(H,21,22,23)/b7-4+. The number of esters is 2. The molecule has 2 aromatic rings. The van der Waals surface area contributed by atoms with E-state index < -0.39 is 24.5 Å². The van der Waals surface area contributed by atoms with Gasteiger partial charge in [-0.25, -0.2) is 14.6 Å². The third-order valence-corrected chi connectivity index (χ3v) is 3.65. The predicted octanol–water partition coefficient (Wildman–Crippen LogP) is 3.37. The molecule has 0 bridgehead atoms. The third kappa shape index (κ3) is 6.40. The number of benzene rings is 1. The topological polar surface area (TPSA) is 94.6 Å². The Bertz CT molecular complexity index is 882. The molecular formula is C18H14Cl2N2O5. The summed E-state index contributed by atoms with van der Waals surface area (Å²) in [5.41, 5.74) is 1.06. The van der Waals surface area contributed by atoms with Crippen molar-refractivity contribution in [1.82, 2.24) is 4.98 Å². The number of halogens is 2. The Morgan fingerprint density at radius 3 is 2.52 bits per heavy atom. The lowest BCUT2D eigenvalue weighted by Gasteiger charge is -2.06. The van der Waals surface area contributed by atoms with Gasteiger partial charge in [0.05, 0.1) is 22.7 Å². The number of pyridine rings is 1. The van der Waals surface area contributed by atoms with Gasteiger partial charge in [-0.05, 0) is 29.8 Å². The molecule has 1 aromatic carbocycles. The Morgan fingerprint density at radius 2 is 1.89 bits per heavy atom. The molecule has 0 saturated carbocycles. The van der Waals surface area contributed by atoms with Crippen molar-refractivity contribution in [2.45, 2.75) is 0 Å². The summed E-state index contributed by atoms with van der Waals surface area (Å²) < 4.78 is 9.43. The lowest BCUT2D eigenvalue weighted by Crippen LogP contribution is -2.20. The molecule has 27 heavy (non-hydrogen) atoms. The smallest absolute Gasteiger partial charge is 0.337 e. The normalized spacial score (nSPS) is 10.5. The molecule has 1 N–H and O–H groups in total. The molecule has 0 atom stereocenters. The van der Waals surface area contributed by atoms with Gasteiger partial charge in [0.25, 0.3) is 5.91 Å². The second-order valence-electron chi connectivity index (χ2n) is 5.09. The number of ether oxygens (including phenoxy) is 2. The molecule has 0 saturated heterocycles. The fraction of sp³-hybridized carbons (Fsp3) is 0.111. The molecule has 7 nitrogen and oxygen atoms in total. The van der Waals surface area contributed by atoms with Crippen molar-refractivity contribution in [3.63, 3.8) is 0 Å². The highest BCUT2D eigenvalue weighted by atomic mass is 35.5. The first kappa shape index (κ1) is 20.4. The molecule has 0 aliphatic carbocycles. The van der Waals surface area contributed by atoms with Crippen LogP contribution in [0.3, 0.4) is 0 Å². The number of carbonyl (C=O) groups excluding carboxylic acids is 3. The number of methoxy groups -OCH3 is 1. The zero-order valence-corrected chi connectivity index (χ0v) is 15.6. The molecule has 1 aromatic heterocycles. The van der Waals surface area contributed by atoms with Crippen LogP contribution < -0.4 is 5.32 Å². The van der Waals surface area contributed by atoms with Crippen LogP contribution in [0.15, 0.2) is 42.6 Å². The SMILES string of the molecule is COC(=O)c1ccc(/C=C/C(=O)OCC(=O)Nc2ncc(Cl)cc2Cl)cc1. The maximum Gasteiger partial charge on any atom is 0.337 e. The van der Waals surface area contributed by atoms with Gasteiger partial charge in [-0.1, -0.05) is 35.3 Å². The van der Waals surface area contributed by atoms with Crippen LogP contribution in [-0.2, 0) is 19.1 Å². The Morgan fingerprint density at radius 1 is 1.19 bits per heavy atom. The van der Waals surface area contributed by atoms with E-state index in [1.807, 2.05) is 0 Å². The molecule has 0 radical (unpaired) electrons. The van der Waals surface area contributed by atoms with Gasteiger partial charge in [0.15, 0.2) is 12.4 Å². The summed E-state index contributed by atoms with van der Waals surface area (Å²) >= 11 is 11.6. The minimum Gasteiger partial charge on any atom is -0.465 e. The second-order valence-corrected chi connectivity index (χ2v) is 5.93. The largest absolute Gasteiger partial charge is 0.465 e. The van der Waals surface area contributed by atoms with E-state index in [0.717, 1.165) is 6.08 Å². The van der Waals surface area contributed by atoms with Crippen molar-refractivity contribution in [3.05, 3.63) is 63.8 Å². The van der Waals surface area contributed by atoms with Crippen LogP contribution in [-0.4, -0.2) is 36.5 Å². The summed E-state index contributed by atoms with van der Waals surface area (Å²) in [6, 6.07) is 7.82. The van der Waals surface area contributed by atoms with Crippen LogP contribution in [0.5, 0.6) is 0 Å². The lowest BCUT2D eigenvalue weighted by molar-refractivity contribution is -0.142. The van der Waals surface area contributed by atoms with Crippen LogP contribution in [0.4, 0.5) is 5.82 Å².